The molecule has 8 heavy (non-hydrogen) atoms. The van der Waals surface area contributed by atoms with Gasteiger partial charge in [-0.3, -0.25) is 0 Å². The molecule has 1 aromatic carbocycles. The molecule has 0 bridgehead atoms. The van der Waals surface area contributed by atoms with Crippen LogP contribution < -0.4 is 0 Å². The largest absolute Gasteiger partial charge is 0.0623 e. The molecule has 0 spiro atoms. The molecule has 1 nitrogen and oxygen atoms in total. The predicted octanol–water partition coefficient (Wildman–Crippen LogP) is -0.0543. The monoisotopic (exact) mass is 218 g/mol. The fourth-order valence-corrected chi connectivity index (χ4v) is 0.385. The van der Waals surface area contributed by atoms with Crippen LogP contribution in [0.3, 0.4) is 0 Å². The third-order valence-electron chi connectivity index (χ3n) is 0.667. The summed E-state index contributed by atoms with van der Waals surface area (Å²) in [6, 6.07) is 12.0. The van der Waals surface area contributed by atoms with Crippen LogP contribution in [0.5, 0.6) is 0 Å². The Balaban J connectivity index is 0. The first-order valence-electron chi connectivity index (χ1n) is 2.00. The van der Waals surface area contributed by atoms with Gasteiger partial charge in [-0.15, -0.1) is 0 Å². The standard InChI is InChI=1S/C6H6.H2O.Sn.2H/c1-2-4-6-5-3-1;;;;/h1-6H;1H2;;;. The minimum absolute atomic E-state index is 0. The Hall–Kier alpha value is -0.0213. The van der Waals surface area contributed by atoms with Crippen molar-refractivity contribution in [2.45, 2.75) is 0 Å². The van der Waals surface area contributed by atoms with Gasteiger partial charge in [-0.2, -0.15) is 0 Å². The summed E-state index contributed by atoms with van der Waals surface area (Å²) >= 11 is 0. The molecule has 0 amide bonds. The van der Waals surface area contributed by atoms with Crippen LogP contribution >= 0.6 is 0 Å². The SMILES string of the molecule is O.[SnH2].c1ccccc1. The van der Waals surface area contributed by atoms with Crippen molar-refractivity contribution in [3.63, 3.8) is 0 Å². The van der Waals surface area contributed by atoms with Crippen molar-refractivity contribution >= 4 is 23.9 Å². The maximum Gasteiger partial charge on any atom is -0.0623 e. The summed E-state index contributed by atoms with van der Waals surface area (Å²) in [5.41, 5.74) is 0. The van der Waals surface area contributed by atoms with E-state index in [9.17, 15) is 0 Å². The van der Waals surface area contributed by atoms with Crippen LogP contribution in [0.15, 0.2) is 36.4 Å². The van der Waals surface area contributed by atoms with Crippen molar-refractivity contribution in [3.8, 4) is 0 Å². The van der Waals surface area contributed by atoms with Gasteiger partial charge in [0.05, 0.1) is 0 Å². The third kappa shape index (κ3) is 4.15. The molecule has 2 radical (unpaired) electrons. The molecule has 0 unspecified atom stereocenters. The van der Waals surface area contributed by atoms with Crippen molar-refractivity contribution in [2.75, 3.05) is 0 Å². The maximum absolute atomic E-state index is 2.00. The summed E-state index contributed by atoms with van der Waals surface area (Å²) in [4.78, 5) is 0. The van der Waals surface area contributed by atoms with Crippen molar-refractivity contribution in [1.82, 2.24) is 0 Å². The van der Waals surface area contributed by atoms with Gasteiger partial charge < -0.3 is 5.48 Å². The van der Waals surface area contributed by atoms with Crippen molar-refractivity contribution < 1.29 is 5.48 Å². The fourth-order valence-electron chi connectivity index (χ4n) is 0.385. The van der Waals surface area contributed by atoms with Gasteiger partial charge in [0.1, 0.15) is 0 Å². The van der Waals surface area contributed by atoms with Crippen LogP contribution in [-0.2, 0) is 0 Å². The third-order valence-corrected chi connectivity index (χ3v) is 0.667. The minimum Gasteiger partial charge on any atom is -0.0623 e. The van der Waals surface area contributed by atoms with E-state index in [1.807, 2.05) is 36.4 Å². The van der Waals surface area contributed by atoms with E-state index in [0.29, 0.717) is 0 Å². The van der Waals surface area contributed by atoms with Crippen LogP contribution in [0.25, 0.3) is 0 Å². The summed E-state index contributed by atoms with van der Waals surface area (Å²) in [6.07, 6.45) is 0. The molecule has 0 aromatic heterocycles. The first-order chi connectivity index (χ1) is 3.00. The molecule has 0 aliphatic rings. The normalized spacial score (nSPS) is 6.00. The summed E-state index contributed by atoms with van der Waals surface area (Å²) in [7, 11) is 0. The van der Waals surface area contributed by atoms with Gasteiger partial charge in [0.2, 0.25) is 0 Å². The van der Waals surface area contributed by atoms with E-state index >= 15 is 0 Å². The molecule has 0 saturated heterocycles. The number of rotatable bonds is 0. The second-order valence-electron chi connectivity index (χ2n) is 1.15. The molecule has 0 atom stereocenters. The van der Waals surface area contributed by atoms with Gasteiger partial charge in [-0.1, -0.05) is 36.4 Å². The van der Waals surface area contributed by atoms with Crippen LogP contribution in [0, 0.1) is 0 Å². The first kappa shape index (κ1) is 10.9. The van der Waals surface area contributed by atoms with Crippen LogP contribution in [0.2, 0.25) is 0 Å². The average Bonchev–Trinajstić information content (AvgIpc) is 1.72. The summed E-state index contributed by atoms with van der Waals surface area (Å²) in [5, 5.41) is 0. The molecular weight excluding hydrogens is 207 g/mol. The van der Waals surface area contributed by atoms with Crippen LogP contribution in [0.4, 0.5) is 0 Å². The van der Waals surface area contributed by atoms with E-state index in [1.165, 1.54) is 0 Å². The van der Waals surface area contributed by atoms with Gasteiger partial charge in [0, 0.05) is 0 Å². The van der Waals surface area contributed by atoms with Gasteiger partial charge >= 0.3 is 23.9 Å². The van der Waals surface area contributed by atoms with E-state index in [2.05, 4.69) is 0 Å². The Morgan fingerprint density at radius 2 is 0.625 bits per heavy atom. The molecule has 1 aromatic rings. The molecule has 44 valence electrons. The maximum atomic E-state index is 2.00. The second-order valence-corrected chi connectivity index (χ2v) is 1.15. The zero-order chi connectivity index (χ0) is 4.24. The molecule has 2 heteroatoms. The van der Waals surface area contributed by atoms with E-state index < -0.39 is 0 Å². The van der Waals surface area contributed by atoms with Gasteiger partial charge in [0.15, 0.2) is 0 Å². The Labute approximate surface area is 66.0 Å². The number of hydrogen-bond donors (Lipinski definition) is 0. The number of hydrogen-bond acceptors (Lipinski definition) is 0. The summed E-state index contributed by atoms with van der Waals surface area (Å²) < 4.78 is 0. The van der Waals surface area contributed by atoms with Gasteiger partial charge in [-0.25, -0.2) is 0 Å². The minimum atomic E-state index is 0. The topological polar surface area (TPSA) is 31.5 Å². The zero-order valence-electron chi connectivity index (χ0n) is 4.67. The Kier molecular flexibility index (Phi) is 9.48. The Morgan fingerprint density at radius 3 is 0.750 bits per heavy atom. The van der Waals surface area contributed by atoms with E-state index in [-0.39, 0.29) is 29.4 Å². The molecule has 0 saturated carbocycles. The fraction of sp³-hybridized carbons (Fsp3) is 0. The zero-order valence-corrected chi connectivity index (χ0v) is 8.71. The average molecular weight is 217 g/mol. The molecule has 0 fully saturated rings. The molecule has 0 aliphatic carbocycles. The predicted molar refractivity (Wildman–Crippen MR) is 38.6 cm³/mol. The Bertz CT molecular complexity index is 80.5. The van der Waals surface area contributed by atoms with Crippen molar-refractivity contribution in [3.05, 3.63) is 36.4 Å². The van der Waals surface area contributed by atoms with Crippen molar-refractivity contribution in [2.24, 2.45) is 0 Å². The van der Waals surface area contributed by atoms with Crippen LogP contribution in [0.1, 0.15) is 0 Å². The summed E-state index contributed by atoms with van der Waals surface area (Å²) in [5.74, 6) is 0. The molecule has 1 rings (SSSR count). The molecule has 0 aliphatic heterocycles. The van der Waals surface area contributed by atoms with E-state index in [1.54, 1.807) is 0 Å². The molecule has 0 heterocycles. The molecular formula is C6H10OSn. The number of benzene rings is 1. The smallest absolute Gasteiger partial charge is 0.0623 e. The van der Waals surface area contributed by atoms with Gasteiger partial charge in [-0.05, 0) is 0 Å². The first-order valence-corrected chi connectivity index (χ1v) is 2.00. The second kappa shape index (κ2) is 6.98. The van der Waals surface area contributed by atoms with E-state index in [0.717, 1.165) is 0 Å². The van der Waals surface area contributed by atoms with E-state index in [4.69, 9.17) is 0 Å². The van der Waals surface area contributed by atoms with Gasteiger partial charge in [0.25, 0.3) is 0 Å². The summed E-state index contributed by atoms with van der Waals surface area (Å²) in [6.45, 7) is 0. The van der Waals surface area contributed by atoms with Crippen molar-refractivity contribution in [1.29, 1.82) is 0 Å². The quantitative estimate of drug-likeness (QED) is 0.545. The van der Waals surface area contributed by atoms with Crippen LogP contribution in [-0.4, -0.2) is 29.4 Å². The molecule has 2 N–H and O–H groups in total. The Morgan fingerprint density at radius 1 is 0.500 bits per heavy atom.